The molecular formula is C28H33N3O. The Kier molecular flexibility index (Phi) is 7.01. The monoisotopic (exact) mass is 427 g/mol. The molecule has 0 fully saturated rings. The zero-order valence-electron chi connectivity index (χ0n) is 19.2. The molecular weight excluding hydrogens is 394 g/mol. The summed E-state index contributed by atoms with van der Waals surface area (Å²) < 4.78 is 0. The number of Topliss-reactive ketones (excluding diaryl/α,β-unsaturated/α-hetero) is 1. The van der Waals surface area contributed by atoms with Gasteiger partial charge in [-0.15, -0.1) is 0 Å². The van der Waals surface area contributed by atoms with E-state index in [1.165, 1.54) is 11.1 Å². The van der Waals surface area contributed by atoms with Crippen molar-refractivity contribution in [1.29, 1.82) is 0 Å². The van der Waals surface area contributed by atoms with E-state index >= 15 is 0 Å². The van der Waals surface area contributed by atoms with Gasteiger partial charge in [-0.25, -0.2) is 0 Å². The largest absolute Gasteiger partial charge is 0.383 e. The van der Waals surface area contributed by atoms with E-state index < -0.39 is 0 Å². The molecule has 4 rings (SSSR count). The summed E-state index contributed by atoms with van der Waals surface area (Å²) in [7, 11) is 0. The number of rotatable bonds is 8. The van der Waals surface area contributed by atoms with E-state index in [1.54, 1.807) is 6.92 Å². The minimum atomic E-state index is -0.0620. The van der Waals surface area contributed by atoms with E-state index in [0.29, 0.717) is 11.8 Å². The fourth-order valence-electron chi connectivity index (χ4n) is 4.57. The number of anilines is 1. The van der Waals surface area contributed by atoms with Gasteiger partial charge in [-0.05, 0) is 48.1 Å². The van der Waals surface area contributed by atoms with E-state index in [0.717, 1.165) is 36.5 Å². The van der Waals surface area contributed by atoms with Gasteiger partial charge in [0, 0.05) is 37.2 Å². The van der Waals surface area contributed by atoms with Gasteiger partial charge in [-0.2, -0.15) is 0 Å². The fraction of sp³-hybridized carbons (Fsp3) is 0.357. The smallest absolute Gasteiger partial charge is 0.136 e. The standard InChI is InChI=1S/C28H33N3O/c1-19(23-11-7-12-24(15-23)20(2)21(3)32)17-31-28(22-9-5-4-6-10-22)25-16-27-26(30-18-25)13-8-14-29-27/h4-15,19-20,25,28,30-31H,16-18H2,1-3H3/t19?,20?,25-,28-/m1/s1. The van der Waals surface area contributed by atoms with Gasteiger partial charge in [0.15, 0.2) is 0 Å². The Morgan fingerprint density at radius 3 is 2.56 bits per heavy atom. The van der Waals surface area contributed by atoms with Crippen LogP contribution in [0, 0.1) is 5.92 Å². The first-order valence-corrected chi connectivity index (χ1v) is 11.6. The highest BCUT2D eigenvalue weighted by atomic mass is 16.1. The van der Waals surface area contributed by atoms with Gasteiger partial charge in [-0.3, -0.25) is 9.78 Å². The van der Waals surface area contributed by atoms with Crippen LogP contribution in [-0.4, -0.2) is 23.9 Å². The lowest BCUT2D eigenvalue weighted by Crippen LogP contribution is -2.37. The SMILES string of the molecule is CC(=O)C(C)c1cccc(C(C)CN[C@H](c2ccccc2)[C@H]2CNc3cccnc3C2)c1. The van der Waals surface area contributed by atoms with Gasteiger partial charge in [0.25, 0.3) is 0 Å². The van der Waals surface area contributed by atoms with Crippen LogP contribution in [0.15, 0.2) is 72.9 Å². The van der Waals surface area contributed by atoms with Crippen LogP contribution in [0.4, 0.5) is 5.69 Å². The Morgan fingerprint density at radius 1 is 1.03 bits per heavy atom. The van der Waals surface area contributed by atoms with Crippen LogP contribution < -0.4 is 10.6 Å². The third-order valence-electron chi connectivity index (χ3n) is 6.76. The summed E-state index contributed by atoms with van der Waals surface area (Å²) in [6.45, 7) is 7.69. The molecule has 2 N–H and O–H groups in total. The fourth-order valence-corrected chi connectivity index (χ4v) is 4.57. The van der Waals surface area contributed by atoms with Crippen LogP contribution in [0.3, 0.4) is 0 Å². The minimum Gasteiger partial charge on any atom is -0.383 e. The van der Waals surface area contributed by atoms with Crippen molar-refractivity contribution >= 4 is 11.5 Å². The molecule has 1 aromatic heterocycles. The van der Waals surface area contributed by atoms with E-state index in [-0.39, 0.29) is 17.7 Å². The number of ketones is 1. The van der Waals surface area contributed by atoms with Gasteiger partial charge in [0.2, 0.25) is 0 Å². The molecule has 166 valence electrons. The summed E-state index contributed by atoms with van der Waals surface area (Å²) in [6.07, 6.45) is 2.83. The number of aromatic nitrogens is 1. The molecule has 0 amide bonds. The van der Waals surface area contributed by atoms with Crippen LogP contribution in [0.1, 0.15) is 61.0 Å². The van der Waals surface area contributed by atoms with Crippen molar-refractivity contribution in [2.24, 2.45) is 5.92 Å². The molecule has 0 saturated carbocycles. The molecule has 4 heteroatoms. The van der Waals surface area contributed by atoms with Crippen LogP contribution in [0.2, 0.25) is 0 Å². The molecule has 4 atom stereocenters. The van der Waals surface area contributed by atoms with Crippen molar-refractivity contribution < 1.29 is 4.79 Å². The molecule has 0 spiro atoms. The number of pyridine rings is 1. The van der Waals surface area contributed by atoms with Crippen LogP contribution in [0.5, 0.6) is 0 Å². The number of hydrogen-bond acceptors (Lipinski definition) is 4. The van der Waals surface area contributed by atoms with Gasteiger partial charge in [0.05, 0.1) is 11.4 Å². The lowest BCUT2D eigenvalue weighted by molar-refractivity contribution is -0.118. The van der Waals surface area contributed by atoms with Crippen molar-refractivity contribution in [2.75, 3.05) is 18.4 Å². The number of nitrogens with one attached hydrogen (secondary N) is 2. The Balaban J connectivity index is 1.50. The maximum Gasteiger partial charge on any atom is 0.136 e. The highest BCUT2D eigenvalue weighted by Crippen LogP contribution is 2.32. The van der Waals surface area contributed by atoms with Crippen molar-refractivity contribution in [2.45, 2.75) is 45.1 Å². The maximum absolute atomic E-state index is 11.8. The van der Waals surface area contributed by atoms with E-state index in [2.05, 4.69) is 83.2 Å². The summed E-state index contributed by atoms with van der Waals surface area (Å²) in [4.78, 5) is 16.4. The summed E-state index contributed by atoms with van der Waals surface area (Å²) >= 11 is 0. The Hall–Kier alpha value is -2.98. The molecule has 1 aliphatic heterocycles. The second-order valence-electron chi connectivity index (χ2n) is 9.04. The first kappa shape index (κ1) is 22.2. The average molecular weight is 428 g/mol. The van der Waals surface area contributed by atoms with Gasteiger partial charge >= 0.3 is 0 Å². The second-order valence-corrected chi connectivity index (χ2v) is 9.04. The number of hydrogen-bond donors (Lipinski definition) is 2. The third-order valence-corrected chi connectivity index (χ3v) is 6.76. The van der Waals surface area contributed by atoms with Gasteiger partial charge < -0.3 is 10.6 Å². The zero-order chi connectivity index (χ0) is 22.5. The lowest BCUT2D eigenvalue weighted by atomic mass is 9.86. The molecule has 0 radical (unpaired) electrons. The highest BCUT2D eigenvalue weighted by Gasteiger charge is 2.28. The van der Waals surface area contributed by atoms with Crippen LogP contribution in [0.25, 0.3) is 0 Å². The summed E-state index contributed by atoms with van der Waals surface area (Å²) in [6, 6.07) is 23.6. The molecule has 4 nitrogen and oxygen atoms in total. The first-order chi connectivity index (χ1) is 15.5. The van der Waals surface area contributed by atoms with Gasteiger partial charge in [-0.1, -0.05) is 68.4 Å². The van der Waals surface area contributed by atoms with Crippen molar-refractivity contribution in [3.63, 3.8) is 0 Å². The average Bonchev–Trinajstić information content (AvgIpc) is 2.84. The zero-order valence-corrected chi connectivity index (χ0v) is 19.2. The first-order valence-electron chi connectivity index (χ1n) is 11.6. The Labute approximate surface area is 191 Å². The predicted molar refractivity (Wildman–Crippen MR) is 131 cm³/mol. The number of benzene rings is 2. The van der Waals surface area contributed by atoms with Crippen LogP contribution >= 0.6 is 0 Å². The predicted octanol–water partition coefficient (Wildman–Crippen LogP) is 5.49. The molecule has 2 aromatic carbocycles. The lowest BCUT2D eigenvalue weighted by Gasteiger charge is -2.33. The van der Waals surface area contributed by atoms with Crippen molar-refractivity contribution in [1.82, 2.24) is 10.3 Å². The highest BCUT2D eigenvalue weighted by molar-refractivity contribution is 5.82. The van der Waals surface area contributed by atoms with E-state index in [4.69, 9.17) is 0 Å². The normalized spacial score (nSPS) is 18.2. The number of fused-ring (bicyclic) bond motifs is 1. The number of carbonyl (C=O) groups is 1. The Morgan fingerprint density at radius 2 is 1.78 bits per heavy atom. The molecule has 3 aromatic rings. The summed E-state index contributed by atoms with van der Waals surface area (Å²) in [5.41, 5.74) is 5.97. The van der Waals surface area contributed by atoms with E-state index in [9.17, 15) is 4.79 Å². The van der Waals surface area contributed by atoms with Crippen molar-refractivity contribution in [3.8, 4) is 0 Å². The second kappa shape index (κ2) is 10.1. The maximum atomic E-state index is 11.8. The topological polar surface area (TPSA) is 54.0 Å². The molecule has 32 heavy (non-hydrogen) atoms. The minimum absolute atomic E-state index is 0.0620. The van der Waals surface area contributed by atoms with Gasteiger partial charge in [0.1, 0.15) is 5.78 Å². The molecule has 1 aliphatic rings. The number of nitrogens with zero attached hydrogens (tertiary/aromatic N) is 1. The van der Waals surface area contributed by atoms with E-state index in [1.807, 2.05) is 19.2 Å². The molecule has 2 unspecified atom stereocenters. The van der Waals surface area contributed by atoms with Crippen LogP contribution in [-0.2, 0) is 11.2 Å². The molecule has 0 saturated heterocycles. The van der Waals surface area contributed by atoms with Crippen molar-refractivity contribution in [3.05, 3.63) is 95.3 Å². The summed E-state index contributed by atoms with van der Waals surface area (Å²) in [5.74, 6) is 0.891. The molecule has 0 aliphatic carbocycles. The Bertz CT molecular complexity index is 1050. The summed E-state index contributed by atoms with van der Waals surface area (Å²) in [5, 5.41) is 7.45. The number of carbonyl (C=O) groups excluding carboxylic acids is 1. The quantitative estimate of drug-likeness (QED) is 0.499. The molecule has 2 heterocycles. The molecule has 0 bridgehead atoms. The third kappa shape index (κ3) is 5.08.